The fraction of sp³-hybridized carbons (Fsp3) is 0. The van der Waals surface area contributed by atoms with Crippen LogP contribution in [-0.2, 0) is 0 Å². The Labute approximate surface area is 158 Å². The van der Waals surface area contributed by atoms with Crippen molar-refractivity contribution in [3.05, 3.63) is 71.0 Å². The lowest BCUT2D eigenvalue weighted by atomic mass is 9.99. The van der Waals surface area contributed by atoms with Crippen LogP contribution in [0.1, 0.15) is 0 Å². The van der Waals surface area contributed by atoms with Gasteiger partial charge >= 0.3 is 0 Å². The Kier molecular flexibility index (Phi) is 4.05. The van der Waals surface area contributed by atoms with Gasteiger partial charge in [-0.1, -0.05) is 54.7 Å². The molecule has 0 aliphatic carbocycles. The third-order valence-corrected chi connectivity index (χ3v) is 4.59. The molecule has 0 saturated heterocycles. The van der Waals surface area contributed by atoms with Crippen LogP contribution in [0, 0.1) is 10.3 Å². The Morgan fingerprint density at radius 2 is 1.48 bits per heavy atom. The number of halogens is 1. The number of fused-ring (bicyclic) bond motifs is 1. The average molecular weight is 380 g/mol. The molecule has 0 radical (unpaired) electrons. The van der Waals surface area contributed by atoms with Gasteiger partial charge in [0.15, 0.2) is 17.1 Å². The Bertz CT molecular complexity index is 1230. The van der Waals surface area contributed by atoms with E-state index in [4.69, 9.17) is 16.6 Å². The molecule has 3 N–H and O–H groups in total. The second-order valence-electron chi connectivity index (χ2n) is 5.98. The van der Waals surface area contributed by atoms with Crippen molar-refractivity contribution in [1.82, 2.24) is 0 Å². The van der Waals surface area contributed by atoms with Gasteiger partial charge in [-0.25, -0.2) is 4.39 Å². The zero-order valence-electron chi connectivity index (χ0n) is 13.8. The summed E-state index contributed by atoms with van der Waals surface area (Å²) in [6.07, 6.45) is 0. The zero-order valence-corrected chi connectivity index (χ0v) is 14.6. The Hall–Kier alpha value is -3.38. The van der Waals surface area contributed by atoms with E-state index in [-0.39, 0.29) is 26.6 Å². The smallest absolute Gasteiger partial charge is 0.201 e. The Morgan fingerprint density at radius 3 is 2.19 bits per heavy atom. The molecule has 0 saturated carbocycles. The summed E-state index contributed by atoms with van der Waals surface area (Å²) in [5.41, 5.74) is 1.11. The van der Waals surface area contributed by atoms with Crippen LogP contribution in [0.4, 0.5) is 4.39 Å². The van der Waals surface area contributed by atoms with Crippen molar-refractivity contribution in [2.75, 3.05) is 0 Å². The van der Waals surface area contributed by atoms with Gasteiger partial charge in [0, 0.05) is 11.6 Å². The van der Waals surface area contributed by atoms with E-state index < -0.39 is 23.1 Å². The monoisotopic (exact) mass is 380 g/mol. The van der Waals surface area contributed by atoms with E-state index in [2.05, 4.69) is 0 Å². The minimum Gasteiger partial charge on any atom is -0.504 e. The summed E-state index contributed by atoms with van der Waals surface area (Å²) in [6, 6.07) is 16.2. The molecule has 0 bridgehead atoms. The van der Waals surface area contributed by atoms with Crippen LogP contribution in [0.25, 0.3) is 33.4 Å². The molecule has 134 valence electrons. The van der Waals surface area contributed by atoms with Crippen LogP contribution in [-0.4, -0.2) is 15.3 Å². The largest absolute Gasteiger partial charge is 0.504 e. The molecule has 4 rings (SSSR count). The van der Waals surface area contributed by atoms with E-state index in [1.165, 1.54) is 18.2 Å². The van der Waals surface area contributed by atoms with Crippen molar-refractivity contribution in [3.63, 3.8) is 0 Å². The molecule has 0 aliphatic rings. The van der Waals surface area contributed by atoms with Crippen molar-refractivity contribution in [1.29, 1.82) is 0 Å². The van der Waals surface area contributed by atoms with Crippen molar-refractivity contribution >= 4 is 23.2 Å². The maximum atomic E-state index is 13.7. The molecular weight excluding hydrogens is 367 g/mol. The van der Waals surface area contributed by atoms with Crippen LogP contribution in [0.3, 0.4) is 0 Å². The number of hydrogen-bond acceptors (Lipinski definition) is 5. The summed E-state index contributed by atoms with van der Waals surface area (Å²) >= 11 is 5.38. The van der Waals surface area contributed by atoms with E-state index in [0.717, 1.165) is 5.56 Å². The number of phenols is 3. The third kappa shape index (κ3) is 2.80. The highest BCUT2D eigenvalue weighted by Crippen LogP contribution is 2.50. The van der Waals surface area contributed by atoms with Crippen LogP contribution >= 0.6 is 12.2 Å². The maximum absolute atomic E-state index is 13.7. The number of benzene rings is 3. The summed E-state index contributed by atoms with van der Waals surface area (Å²) in [4.78, 5) is 0. The Balaban J connectivity index is 2.16. The molecule has 1 heterocycles. The molecule has 27 heavy (non-hydrogen) atoms. The topological polar surface area (TPSA) is 73.8 Å². The fourth-order valence-electron chi connectivity index (χ4n) is 3.01. The molecule has 0 amide bonds. The fourth-order valence-corrected chi connectivity index (χ4v) is 3.30. The molecular formula is C21H13FO4S. The molecule has 6 heteroatoms. The zero-order chi connectivity index (χ0) is 19.1. The number of phenolic OH excluding ortho intramolecular Hbond substituents is 3. The third-order valence-electron chi connectivity index (χ3n) is 4.27. The molecule has 4 aromatic rings. The van der Waals surface area contributed by atoms with Gasteiger partial charge in [0.05, 0.1) is 15.5 Å². The van der Waals surface area contributed by atoms with Crippen molar-refractivity contribution in [2.45, 2.75) is 0 Å². The molecule has 4 nitrogen and oxygen atoms in total. The molecule has 0 atom stereocenters. The van der Waals surface area contributed by atoms with Gasteiger partial charge in [-0.3, -0.25) is 0 Å². The second-order valence-corrected chi connectivity index (χ2v) is 6.42. The van der Waals surface area contributed by atoms with E-state index >= 15 is 0 Å². The number of hydrogen-bond donors (Lipinski definition) is 3. The predicted molar refractivity (Wildman–Crippen MR) is 103 cm³/mol. The minimum absolute atomic E-state index is 0.0451. The van der Waals surface area contributed by atoms with Gasteiger partial charge in [0.2, 0.25) is 5.75 Å². The highest BCUT2D eigenvalue weighted by molar-refractivity contribution is 7.71. The quantitative estimate of drug-likeness (QED) is 0.305. The van der Waals surface area contributed by atoms with Gasteiger partial charge in [-0.2, -0.15) is 0 Å². The van der Waals surface area contributed by atoms with Gasteiger partial charge in [-0.05, 0) is 17.7 Å². The highest BCUT2D eigenvalue weighted by atomic mass is 32.1. The van der Waals surface area contributed by atoms with Crippen molar-refractivity contribution in [3.8, 4) is 39.7 Å². The van der Waals surface area contributed by atoms with Crippen LogP contribution in [0.5, 0.6) is 17.2 Å². The SMILES string of the molecule is Oc1c(O)c(O)c2c(=S)cc(-c3ccccc3)oc2c1-c1cccc(F)c1. The van der Waals surface area contributed by atoms with E-state index in [9.17, 15) is 19.7 Å². The average Bonchev–Trinajstić information content (AvgIpc) is 2.66. The van der Waals surface area contributed by atoms with Crippen molar-refractivity contribution < 1.29 is 24.1 Å². The van der Waals surface area contributed by atoms with Gasteiger partial charge in [0.25, 0.3) is 0 Å². The Morgan fingerprint density at radius 1 is 0.778 bits per heavy atom. The van der Waals surface area contributed by atoms with Crippen LogP contribution in [0.2, 0.25) is 0 Å². The lowest BCUT2D eigenvalue weighted by molar-refractivity contribution is 0.371. The molecule has 3 aromatic carbocycles. The molecule has 0 spiro atoms. The van der Waals surface area contributed by atoms with Gasteiger partial charge in [-0.15, -0.1) is 0 Å². The summed E-state index contributed by atoms with van der Waals surface area (Å²) in [5, 5.41) is 31.0. The van der Waals surface area contributed by atoms with Gasteiger partial charge in [0.1, 0.15) is 11.6 Å². The molecule has 0 unspecified atom stereocenters. The lowest BCUT2D eigenvalue weighted by Gasteiger charge is -2.14. The summed E-state index contributed by atoms with van der Waals surface area (Å²) < 4.78 is 19.9. The predicted octanol–water partition coefficient (Wildman–Crippen LogP) is 5.75. The van der Waals surface area contributed by atoms with Crippen molar-refractivity contribution in [2.24, 2.45) is 0 Å². The first-order valence-corrected chi connectivity index (χ1v) is 8.44. The van der Waals surface area contributed by atoms with E-state index in [1.54, 1.807) is 12.1 Å². The number of rotatable bonds is 2. The summed E-state index contributed by atoms with van der Waals surface area (Å²) in [6.45, 7) is 0. The van der Waals surface area contributed by atoms with Crippen LogP contribution < -0.4 is 0 Å². The van der Waals surface area contributed by atoms with Crippen LogP contribution in [0.15, 0.2) is 65.1 Å². The van der Waals surface area contributed by atoms with Gasteiger partial charge < -0.3 is 19.7 Å². The first kappa shape index (κ1) is 17.1. The minimum atomic E-state index is -0.740. The number of aromatic hydroxyl groups is 3. The maximum Gasteiger partial charge on any atom is 0.201 e. The first-order valence-electron chi connectivity index (χ1n) is 8.03. The first-order chi connectivity index (χ1) is 13.0. The highest BCUT2D eigenvalue weighted by Gasteiger charge is 2.23. The summed E-state index contributed by atoms with van der Waals surface area (Å²) in [5.74, 6) is -2.05. The van der Waals surface area contributed by atoms with E-state index in [1.807, 2.05) is 30.3 Å². The lowest BCUT2D eigenvalue weighted by Crippen LogP contribution is -1.89. The summed E-state index contributed by atoms with van der Waals surface area (Å²) in [7, 11) is 0. The normalized spacial score (nSPS) is 11.0. The molecule has 1 aromatic heterocycles. The standard InChI is InChI=1S/C21H13FO4S/c22-13-8-4-7-12(9-13)16-18(23)20(25)19(24)17-15(27)10-14(26-21(16)17)11-5-2-1-3-6-11/h1-10,23-25H. The van der Waals surface area contributed by atoms with E-state index in [0.29, 0.717) is 5.76 Å². The molecule has 0 fully saturated rings. The second kappa shape index (κ2) is 6.41. The molecule has 0 aliphatic heterocycles.